The Morgan fingerprint density at radius 1 is 1.50 bits per heavy atom. The van der Waals surface area contributed by atoms with Gasteiger partial charge in [0.2, 0.25) is 0 Å². The second kappa shape index (κ2) is 9.12. The second-order valence-electron chi connectivity index (χ2n) is 6.09. The molecule has 2 unspecified atom stereocenters. The van der Waals surface area contributed by atoms with E-state index in [2.05, 4.69) is 0 Å². The summed E-state index contributed by atoms with van der Waals surface area (Å²) in [5, 5.41) is 12.3. The number of amides is 1. The minimum absolute atomic E-state index is 0. The van der Waals surface area contributed by atoms with E-state index in [1.807, 2.05) is 22.4 Å². The van der Waals surface area contributed by atoms with Gasteiger partial charge in [-0.05, 0) is 24.3 Å². The highest BCUT2D eigenvalue weighted by atomic mass is 35.5. The molecule has 1 aromatic rings. The van der Waals surface area contributed by atoms with Crippen molar-refractivity contribution in [1.82, 2.24) is 4.90 Å². The highest BCUT2D eigenvalue weighted by molar-refractivity contribution is 7.10. The van der Waals surface area contributed by atoms with E-state index in [1.165, 1.54) is 11.3 Å². The first kappa shape index (κ1) is 19.6. The molecule has 0 radical (unpaired) electrons. The minimum Gasteiger partial charge on any atom is -0.387 e. The van der Waals surface area contributed by atoms with Crippen molar-refractivity contribution in [3.8, 4) is 0 Å². The molecule has 0 aromatic carbocycles. The molecule has 2 aliphatic rings. The van der Waals surface area contributed by atoms with Crippen LogP contribution in [0.4, 0.5) is 0 Å². The van der Waals surface area contributed by atoms with Crippen LogP contribution < -0.4 is 5.73 Å². The van der Waals surface area contributed by atoms with E-state index in [-0.39, 0.29) is 30.5 Å². The number of hydrogen-bond donors (Lipinski definition) is 2. The van der Waals surface area contributed by atoms with Crippen LogP contribution >= 0.6 is 23.7 Å². The monoisotopic (exact) mass is 376 g/mol. The summed E-state index contributed by atoms with van der Waals surface area (Å²) in [6, 6.07) is 3.72. The van der Waals surface area contributed by atoms with Crippen molar-refractivity contribution in [1.29, 1.82) is 0 Å². The summed E-state index contributed by atoms with van der Waals surface area (Å²) in [6.45, 7) is 1.99. The number of ether oxygens (including phenoxy) is 2. The molecule has 0 bridgehead atoms. The van der Waals surface area contributed by atoms with Crippen LogP contribution in [0.2, 0.25) is 0 Å². The van der Waals surface area contributed by atoms with E-state index >= 15 is 0 Å². The summed E-state index contributed by atoms with van der Waals surface area (Å²) >= 11 is 1.52. The van der Waals surface area contributed by atoms with Gasteiger partial charge in [-0.3, -0.25) is 4.79 Å². The fourth-order valence-electron chi connectivity index (χ4n) is 3.24. The highest BCUT2D eigenvalue weighted by Gasteiger charge is 2.37. The third kappa shape index (κ3) is 4.47. The lowest BCUT2D eigenvalue weighted by Crippen LogP contribution is -2.52. The molecule has 0 aliphatic carbocycles. The lowest BCUT2D eigenvalue weighted by atomic mass is 10.0. The van der Waals surface area contributed by atoms with Gasteiger partial charge < -0.3 is 25.2 Å². The number of thiophene rings is 1. The summed E-state index contributed by atoms with van der Waals surface area (Å²) in [5.41, 5.74) is 5.62. The summed E-state index contributed by atoms with van der Waals surface area (Å²) in [7, 11) is 0. The maximum absolute atomic E-state index is 12.8. The molecule has 0 saturated carbocycles. The fraction of sp³-hybridized carbons (Fsp3) is 0.688. The molecule has 1 amide bonds. The number of aliphatic hydroxyl groups is 1. The molecule has 2 aliphatic heterocycles. The number of halogens is 1. The average molecular weight is 377 g/mol. The number of rotatable bonds is 5. The molecule has 3 heterocycles. The van der Waals surface area contributed by atoms with E-state index < -0.39 is 12.2 Å². The van der Waals surface area contributed by atoms with Gasteiger partial charge in [0.1, 0.15) is 6.10 Å². The Hall–Kier alpha value is -0.700. The number of hydrogen-bond acceptors (Lipinski definition) is 6. The molecule has 3 N–H and O–H groups in total. The SMILES string of the molecule is Cl.NC[C@H]1CC[C@@H](C(=O)N2CCOCC2CC(O)c2cccs2)O1. The van der Waals surface area contributed by atoms with Crippen molar-refractivity contribution >= 4 is 29.7 Å². The van der Waals surface area contributed by atoms with E-state index in [1.54, 1.807) is 0 Å². The van der Waals surface area contributed by atoms with Crippen molar-refractivity contribution < 1.29 is 19.4 Å². The third-order valence-electron chi connectivity index (χ3n) is 4.52. The first-order valence-electron chi connectivity index (χ1n) is 8.14. The van der Waals surface area contributed by atoms with Gasteiger partial charge in [0.15, 0.2) is 0 Å². The van der Waals surface area contributed by atoms with Crippen LogP contribution in [-0.4, -0.2) is 60.5 Å². The predicted octanol–water partition coefficient (Wildman–Crippen LogP) is 1.33. The zero-order chi connectivity index (χ0) is 16.2. The summed E-state index contributed by atoms with van der Waals surface area (Å²) < 4.78 is 11.3. The van der Waals surface area contributed by atoms with E-state index in [0.717, 1.165) is 17.7 Å². The number of nitrogens with two attached hydrogens (primary N) is 1. The van der Waals surface area contributed by atoms with Crippen LogP contribution in [0.3, 0.4) is 0 Å². The zero-order valence-corrected chi connectivity index (χ0v) is 15.1. The number of carbonyl (C=O) groups is 1. The molecule has 1 aromatic heterocycles. The first-order valence-corrected chi connectivity index (χ1v) is 9.02. The van der Waals surface area contributed by atoms with Crippen molar-refractivity contribution in [2.45, 2.75) is 43.6 Å². The quantitative estimate of drug-likeness (QED) is 0.809. The topological polar surface area (TPSA) is 85.0 Å². The minimum atomic E-state index is -0.571. The van der Waals surface area contributed by atoms with E-state index in [0.29, 0.717) is 32.7 Å². The van der Waals surface area contributed by atoms with Gasteiger partial charge in [-0.15, -0.1) is 23.7 Å². The average Bonchev–Trinajstić information content (AvgIpc) is 3.26. The van der Waals surface area contributed by atoms with Gasteiger partial charge in [-0.2, -0.15) is 0 Å². The molecule has 3 rings (SSSR count). The van der Waals surface area contributed by atoms with Gasteiger partial charge in [0, 0.05) is 24.4 Å². The molecule has 0 spiro atoms. The van der Waals surface area contributed by atoms with Crippen molar-refractivity contribution in [3.63, 3.8) is 0 Å². The van der Waals surface area contributed by atoms with Gasteiger partial charge in [-0.1, -0.05) is 6.07 Å². The smallest absolute Gasteiger partial charge is 0.252 e. The summed E-state index contributed by atoms with van der Waals surface area (Å²) in [5.74, 6) is 0.00706. The number of morpholine rings is 1. The standard InChI is InChI=1S/C16H24N2O4S.ClH/c17-9-12-3-4-14(22-12)16(20)18-5-6-21-10-11(18)8-13(19)15-2-1-7-23-15;/h1-2,7,11-14,19H,3-6,8-10,17H2;1H/t11?,12-,13?,14+;/m1./s1. The molecular weight excluding hydrogens is 352 g/mol. The lowest BCUT2D eigenvalue weighted by molar-refractivity contribution is -0.152. The highest BCUT2D eigenvalue weighted by Crippen LogP contribution is 2.28. The molecule has 2 fully saturated rings. The van der Waals surface area contributed by atoms with E-state index in [9.17, 15) is 9.90 Å². The Labute approximate surface area is 152 Å². The van der Waals surface area contributed by atoms with Crippen LogP contribution in [0.25, 0.3) is 0 Å². The van der Waals surface area contributed by atoms with Gasteiger partial charge in [0.25, 0.3) is 5.91 Å². The lowest BCUT2D eigenvalue weighted by Gasteiger charge is -2.37. The number of carbonyl (C=O) groups excluding carboxylic acids is 1. The van der Waals surface area contributed by atoms with Crippen molar-refractivity contribution in [2.75, 3.05) is 26.3 Å². The van der Waals surface area contributed by atoms with E-state index in [4.69, 9.17) is 15.2 Å². The van der Waals surface area contributed by atoms with Crippen LogP contribution in [0.5, 0.6) is 0 Å². The first-order chi connectivity index (χ1) is 11.2. The summed E-state index contributed by atoms with van der Waals surface area (Å²) in [4.78, 5) is 15.5. The molecular formula is C16H25ClN2O4S. The molecule has 2 saturated heterocycles. The van der Waals surface area contributed by atoms with Crippen molar-refractivity contribution in [2.24, 2.45) is 5.73 Å². The van der Waals surface area contributed by atoms with Crippen LogP contribution in [0.1, 0.15) is 30.2 Å². The van der Waals surface area contributed by atoms with Crippen LogP contribution in [-0.2, 0) is 14.3 Å². The molecule has 136 valence electrons. The molecule has 4 atom stereocenters. The molecule has 24 heavy (non-hydrogen) atoms. The Morgan fingerprint density at radius 3 is 3.00 bits per heavy atom. The largest absolute Gasteiger partial charge is 0.387 e. The molecule has 8 heteroatoms. The second-order valence-corrected chi connectivity index (χ2v) is 7.07. The maximum Gasteiger partial charge on any atom is 0.252 e. The zero-order valence-electron chi connectivity index (χ0n) is 13.5. The normalized spacial score (nSPS) is 28.4. The predicted molar refractivity (Wildman–Crippen MR) is 94.4 cm³/mol. The van der Waals surface area contributed by atoms with Crippen LogP contribution in [0.15, 0.2) is 17.5 Å². The van der Waals surface area contributed by atoms with Gasteiger partial charge >= 0.3 is 0 Å². The number of nitrogens with zero attached hydrogens (tertiary/aromatic N) is 1. The van der Waals surface area contributed by atoms with Gasteiger partial charge in [-0.25, -0.2) is 0 Å². The third-order valence-corrected chi connectivity index (χ3v) is 5.50. The Morgan fingerprint density at radius 2 is 2.33 bits per heavy atom. The Bertz CT molecular complexity index is 516. The Kier molecular flexibility index (Phi) is 7.46. The maximum atomic E-state index is 12.8. The fourth-order valence-corrected chi connectivity index (χ4v) is 3.97. The van der Waals surface area contributed by atoms with Crippen molar-refractivity contribution in [3.05, 3.63) is 22.4 Å². The Balaban J connectivity index is 0.00000208. The molecule has 6 nitrogen and oxygen atoms in total. The summed E-state index contributed by atoms with van der Waals surface area (Å²) in [6.07, 6.45) is 1.05. The number of aliphatic hydroxyl groups excluding tert-OH is 1. The van der Waals surface area contributed by atoms with Crippen LogP contribution in [0, 0.1) is 0 Å². The van der Waals surface area contributed by atoms with Gasteiger partial charge in [0.05, 0.1) is 31.5 Å².